The van der Waals surface area contributed by atoms with E-state index in [-0.39, 0.29) is 16.8 Å². The molecular formula is C9H15BrO3. The Balaban J connectivity index is 2.24. The van der Waals surface area contributed by atoms with E-state index in [1.54, 1.807) is 0 Å². The predicted octanol–water partition coefficient (Wildman–Crippen LogP) is 1.47. The van der Waals surface area contributed by atoms with Gasteiger partial charge in [-0.3, -0.25) is 0 Å². The van der Waals surface area contributed by atoms with Crippen LogP contribution < -0.4 is 0 Å². The van der Waals surface area contributed by atoms with Crippen molar-refractivity contribution in [3.05, 3.63) is 0 Å². The monoisotopic (exact) mass is 250 g/mol. The summed E-state index contributed by atoms with van der Waals surface area (Å²) in [6.07, 6.45) is 0.969. The van der Waals surface area contributed by atoms with Crippen LogP contribution >= 0.6 is 15.9 Å². The van der Waals surface area contributed by atoms with Gasteiger partial charge in [0.25, 0.3) is 0 Å². The highest BCUT2D eigenvalue weighted by molar-refractivity contribution is 9.10. The number of carbonyl (C=O) groups excluding carboxylic acids is 1. The van der Waals surface area contributed by atoms with Crippen molar-refractivity contribution in [2.45, 2.75) is 37.1 Å². The second kappa shape index (κ2) is 3.96. The molecule has 1 rings (SSSR count). The van der Waals surface area contributed by atoms with Crippen LogP contribution in [0.5, 0.6) is 0 Å². The molecule has 1 fully saturated rings. The molecule has 0 aliphatic heterocycles. The molecule has 0 bridgehead atoms. The first-order valence-corrected chi connectivity index (χ1v) is 5.23. The summed E-state index contributed by atoms with van der Waals surface area (Å²) in [5.41, 5.74) is 0. The summed E-state index contributed by atoms with van der Waals surface area (Å²) >= 11 is 3.35. The average molecular weight is 251 g/mol. The Kier molecular flexibility index (Phi) is 3.35. The van der Waals surface area contributed by atoms with Gasteiger partial charge >= 0.3 is 5.97 Å². The maximum Gasteiger partial charge on any atom is 0.335 e. The third-order valence-corrected chi connectivity index (χ3v) is 2.10. The third-order valence-electron chi connectivity index (χ3n) is 1.87. The van der Waals surface area contributed by atoms with Gasteiger partial charge in [0.15, 0.2) is 6.10 Å². The van der Waals surface area contributed by atoms with Crippen molar-refractivity contribution >= 4 is 21.9 Å². The number of esters is 1. The fourth-order valence-corrected chi connectivity index (χ4v) is 1.05. The smallest absolute Gasteiger partial charge is 0.335 e. The van der Waals surface area contributed by atoms with E-state index in [1.165, 1.54) is 0 Å². The lowest BCUT2D eigenvalue weighted by Crippen LogP contribution is -2.29. The van der Waals surface area contributed by atoms with E-state index < -0.39 is 12.1 Å². The topological polar surface area (TPSA) is 46.5 Å². The van der Waals surface area contributed by atoms with Crippen molar-refractivity contribution in [3.8, 4) is 0 Å². The van der Waals surface area contributed by atoms with Crippen LogP contribution in [0.4, 0.5) is 0 Å². The van der Waals surface area contributed by atoms with Gasteiger partial charge in [-0.05, 0) is 32.6 Å². The van der Waals surface area contributed by atoms with Crippen molar-refractivity contribution in [1.29, 1.82) is 0 Å². The first-order valence-electron chi connectivity index (χ1n) is 4.44. The Bertz CT molecular complexity index is 194. The molecule has 0 aromatic carbocycles. The molecule has 0 aromatic heterocycles. The fourth-order valence-electron chi connectivity index (χ4n) is 0.933. The Morgan fingerprint density at radius 1 is 1.69 bits per heavy atom. The van der Waals surface area contributed by atoms with Gasteiger partial charge in [-0.15, -0.1) is 0 Å². The molecule has 1 unspecified atom stereocenters. The summed E-state index contributed by atoms with van der Waals surface area (Å²) in [6, 6.07) is 0. The molecule has 13 heavy (non-hydrogen) atoms. The SMILES string of the molecule is CC(C)(Br)COC(=O)C(O)C1CC1. The second-order valence-electron chi connectivity index (χ2n) is 4.11. The van der Waals surface area contributed by atoms with E-state index >= 15 is 0 Å². The standard InChI is InChI=1S/C9H15BrO3/c1-9(2,10)5-13-8(12)7(11)6-3-4-6/h6-7,11H,3-5H2,1-2H3. The molecular weight excluding hydrogens is 236 g/mol. The Morgan fingerprint density at radius 2 is 2.23 bits per heavy atom. The van der Waals surface area contributed by atoms with Crippen LogP contribution in [-0.4, -0.2) is 28.1 Å². The number of hydrogen-bond donors (Lipinski definition) is 1. The Hall–Kier alpha value is -0.0900. The van der Waals surface area contributed by atoms with Gasteiger partial charge < -0.3 is 9.84 Å². The van der Waals surface area contributed by atoms with Gasteiger partial charge in [0.05, 0.1) is 4.32 Å². The highest BCUT2D eigenvalue weighted by Gasteiger charge is 2.36. The maximum atomic E-state index is 11.2. The Morgan fingerprint density at radius 3 is 2.62 bits per heavy atom. The van der Waals surface area contributed by atoms with Crippen molar-refractivity contribution in [1.82, 2.24) is 0 Å². The van der Waals surface area contributed by atoms with E-state index in [9.17, 15) is 9.90 Å². The van der Waals surface area contributed by atoms with Gasteiger partial charge in [0.1, 0.15) is 6.61 Å². The highest BCUT2D eigenvalue weighted by atomic mass is 79.9. The molecule has 1 atom stereocenters. The van der Waals surface area contributed by atoms with Gasteiger partial charge in [-0.1, -0.05) is 15.9 Å². The zero-order valence-corrected chi connectivity index (χ0v) is 9.50. The molecule has 1 saturated carbocycles. The number of aliphatic hydroxyl groups is 1. The number of halogens is 1. The molecule has 0 radical (unpaired) electrons. The molecule has 1 N–H and O–H groups in total. The van der Waals surface area contributed by atoms with Gasteiger partial charge in [0.2, 0.25) is 0 Å². The van der Waals surface area contributed by atoms with Gasteiger partial charge in [0, 0.05) is 0 Å². The van der Waals surface area contributed by atoms with E-state index in [1.807, 2.05) is 13.8 Å². The molecule has 0 spiro atoms. The normalized spacial score (nSPS) is 19.7. The summed E-state index contributed by atoms with van der Waals surface area (Å²) < 4.78 is 4.72. The van der Waals surface area contributed by atoms with E-state index in [2.05, 4.69) is 15.9 Å². The van der Waals surface area contributed by atoms with Crippen LogP contribution in [-0.2, 0) is 9.53 Å². The molecule has 4 heteroatoms. The largest absolute Gasteiger partial charge is 0.462 e. The lowest BCUT2D eigenvalue weighted by atomic mass is 10.2. The zero-order valence-electron chi connectivity index (χ0n) is 7.92. The number of alkyl halides is 1. The molecule has 1 aliphatic rings. The summed E-state index contributed by atoms with van der Waals surface area (Å²) in [7, 11) is 0. The van der Waals surface area contributed by atoms with Crippen LogP contribution in [0.2, 0.25) is 0 Å². The van der Waals surface area contributed by atoms with Crippen molar-refractivity contribution in [3.63, 3.8) is 0 Å². The van der Waals surface area contributed by atoms with Crippen LogP contribution in [0.1, 0.15) is 26.7 Å². The minimum absolute atomic E-state index is 0.144. The number of carbonyl (C=O) groups is 1. The average Bonchev–Trinajstić information content (AvgIpc) is 2.79. The van der Waals surface area contributed by atoms with E-state index in [0.29, 0.717) is 0 Å². The summed E-state index contributed by atoms with van der Waals surface area (Å²) in [5.74, 6) is -0.346. The molecule has 0 aromatic rings. The molecule has 76 valence electrons. The highest BCUT2D eigenvalue weighted by Crippen LogP contribution is 2.33. The van der Waals surface area contributed by atoms with E-state index in [4.69, 9.17) is 4.74 Å². The predicted molar refractivity (Wildman–Crippen MR) is 52.7 cm³/mol. The molecule has 3 nitrogen and oxygen atoms in total. The molecule has 0 heterocycles. The number of ether oxygens (including phenoxy) is 1. The lowest BCUT2D eigenvalue weighted by molar-refractivity contribution is -0.155. The minimum atomic E-state index is -0.908. The van der Waals surface area contributed by atoms with Crippen molar-refractivity contribution in [2.75, 3.05) is 6.61 Å². The first-order chi connectivity index (χ1) is 5.90. The summed E-state index contributed by atoms with van der Waals surface area (Å²) in [6.45, 7) is 4.10. The van der Waals surface area contributed by atoms with Crippen LogP contribution in [0.3, 0.4) is 0 Å². The minimum Gasteiger partial charge on any atom is -0.462 e. The molecule has 1 aliphatic carbocycles. The summed E-state index contributed by atoms with van der Waals surface area (Å²) in [4.78, 5) is 11.2. The molecule has 0 saturated heterocycles. The van der Waals surface area contributed by atoms with E-state index in [0.717, 1.165) is 12.8 Å². The van der Waals surface area contributed by atoms with Crippen LogP contribution in [0.25, 0.3) is 0 Å². The Labute approximate surface area is 86.6 Å². The number of hydrogen-bond acceptors (Lipinski definition) is 3. The summed E-state index contributed by atoms with van der Waals surface area (Å²) in [5, 5.41) is 9.36. The third kappa shape index (κ3) is 4.09. The lowest BCUT2D eigenvalue weighted by Gasteiger charge is -2.17. The van der Waals surface area contributed by atoms with Crippen LogP contribution in [0.15, 0.2) is 0 Å². The maximum absolute atomic E-state index is 11.2. The van der Waals surface area contributed by atoms with Crippen molar-refractivity contribution in [2.24, 2.45) is 5.92 Å². The van der Waals surface area contributed by atoms with Gasteiger partial charge in [-0.25, -0.2) is 4.79 Å². The quantitative estimate of drug-likeness (QED) is 0.608. The fraction of sp³-hybridized carbons (Fsp3) is 0.889. The van der Waals surface area contributed by atoms with Gasteiger partial charge in [-0.2, -0.15) is 0 Å². The molecule has 0 amide bonds. The zero-order chi connectivity index (χ0) is 10.1. The first kappa shape index (κ1) is 11.0. The second-order valence-corrected chi connectivity index (χ2v) is 6.26. The van der Waals surface area contributed by atoms with Crippen LogP contribution in [0, 0.1) is 5.92 Å². The number of aliphatic hydroxyl groups excluding tert-OH is 1. The van der Waals surface area contributed by atoms with Crippen molar-refractivity contribution < 1.29 is 14.6 Å². The number of rotatable bonds is 4.